The summed E-state index contributed by atoms with van der Waals surface area (Å²) in [5.74, 6) is -1.90. The van der Waals surface area contributed by atoms with E-state index in [4.69, 9.17) is 0 Å². The van der Waals surface area contributed by atoms with E-state index in [0.29, 0.717) is 12.5 Å². The molecule has 2 aromatic carbocycles. The highest BCUT2D eigenvalue weighted by atomic mass is 32.2. The zero-order chi connectivity index (χ0) is 15.3. The van der Waals surface area contributed by atoms with Crippen LogP contribution in [0.1, 0.15) is 12.0 Å². The van der Waals surface area contributed by atoms with Gasteiger partial charge in [-0.25, -0.2) is 21.9 Å². The quantitative estimate of drug-likeness (QED) is 0.834. The molecule has 0 unspecified atom stereocenters. The Labute approximate surface area is 122 Å². The number of aryl methyl sites for hydroxylation is 1. The van der Waals surface area contributed by atoms with Crippen LogP contribution < -0.4 is 4.72 Å². The molecule has 112 valence electrons. The van der Waals surface area contributed by atoms with Gasteiger partial charge in [0.15, 0.2) is 0 Å². The van der Waals surface area contributed by atoms with Crippen molar-refractivity contribution < 1.29 is 17.2 Å². The van der Waals surface area contributed by atoms with Gasteiger partial charge in [0.05, 0.1) is 0 Å². The van der Waals surface area contributed by atoms with Gasteiger partial charge < -0.3 is 0 Å². The summed E-state index contributed by atoms with van der Waals surface area (Å²) >= 11 is 0. The average molecular weight is 311 g/mol. The smallest absolute Gasteiger partial charge is 0.211 e. The average Bonchev–Trinajstić information content (AvgIpc) is 2.44. The molecule has 0 fully saturated rings. The van der Waals surface area contributed by atoms with Gasteiger partial charge in [0.25, 0.3) is 0 Å². The molecule has 0 aliphatic rings. The standard InChI is InChI=1S/C15H15F2NO2S/c16-13-8-9-15(14(17)11-13)21(19,20)18-10-4-7-12-5-2-1-3-6-12/h1-3,5-6,8-9,11,18H,4,7,10H2. The molecule has 0 atom stereocenters. The van der Waals surface area contributed by atoms with Crippen molar-refractivity contribution >= 4 is 10.0 Å². The molecule has 0 aromatic heterocycles. The van der Waals surface area contributed by atoms with E-state index >= 15 is 0 Å². The summed E-state index contributed by atoms with van der Waals surface area (Å²) in [5, 5.41) is 0. The largest absolute Gasteiger partial charge is 0.243 e. The molecule has 2 rings (SSSR count). The number of sulfonamides is 1. The van der Waals surface area contributed by atoms with Gasteiger partial charge in [-0.1, -0.05) is 30.3 Å². The highest BCUT2D eigenvalue weighted by Gasteiger charge is 2.18. The lowest BCUT2D eigenvalue weighted by molar-refractivity contribution is 0.542. The highest BCUT2D eigenvalue weighted by Crippen LogP contribution is 2.15. The zero-order valence-corrected chi connectivity index (χ0v) is 12.0. The minimum atomic E-state index is -3.95. The molecule has 0 aliphatic carbocycles. The Kier molecular flexibility index (Phi) is 5.03. The molecule has 6 heteroatoms. The lowest BCUT2D eigenvalue weighted by Crippen LogP contribution is -2.26. The van der Waals surface area contributed by atoms with E-state index in [2.05, 4.69) is 4.72 Å². The van der Waals surface area contributed by atoms with Crippen molar-refractivity contribution in [2.24, 2.45) is 0 Å². The van der Waals surface area contributed by atoms with Gasteiger partial charge >= 0.3 is 0 Å². The van der Waals surface area contributed by atoms with Crippen LogP contribution in [0.25, 0.3) is 0 Å². The Hall–Kier alpha value is -1.79. The fraction of sp³-hybridized carbons (Fsp3) is 0.200. The summed E-state index contributed by atoms with van der Waals surface area (Å²) in [5.41, 5.74) is 1.10. The minimum Gasteiger partial charge on any atom is -0.211 e. The van der Waals surface area contributed by atoms with E-state index in [1.54, 1.807) is 0 Å². The van der Waals surface area contributed by atoms with E-state index in [-0.39, 0.29) is 6.54 Å². The maximum absolute atomic E-state index is 13.5. The van der Waals surface area contributed by atoms with Crippen molar-refractivity contribution in [2.45, 2.75) is 17.7 Å². The monoisotopic (exact) mass is 311 g/mol. The van der Waals surface area contributed by atoms with Crippen LogP contribution in [0.5, 0.6) is 0 Å². The summed E-state index contributed by atoms with van der Waals surface area (Å²) in [6, 6.07) is 12.0. The molecule has 1 N–H and O–H groups in total. The van der Waals surface area contributed by atoms with E-state index in [1.807, 2.05) is 30.3 Å². The number of hydrogen-bond donors (Lipinski definition) is 1. The van der Waals surface area contributed by atoms with Gasteiger partial charge in [-0.05, 0) is 30.5 Å². The Bertz CT molecular complexity index is 703. The van der Waals surface area contributed by atoms with Crippen LogP contribution >= 0.6 is 0 Å². The summed E-state index contributed by atoms with van der Waals surface area (Å²) < 4.78 is 52.4. The Morgan fingerprint density at radius 1 is 1.00 bits per heavy atom. The zero-order valence-electron chi connectivity index (χ0n) is 11.2. The molecule has 21 heavy (non-hydrogen) atoms. The normalized spacial score (nSPS) is 11.5. The van der Waals surface area contributed by atoms with Crippen LogP contribution in [-0.2, 0) is 16.4 Å². The first kappa shape index (κ1) is 15.6. The van der Waals surface area contributed by atoms with Crippen LogP contribution in [0.15, 0.2) is 53.4 Å². The van der Waals surface area contributed by atoms with Crippen molar-refractivity contribution in [1.29, 1.82) is 0 Å². The molecule has 0 heterocycles. The summed E-state index contributed by atoms with van der Waals surface area (Å²) in [6.45, 7) is 0.189. The van der Waals surface area contributed by atoms with E-state index < -0.39 is 26.6 Å². The van der Waals surface area contributed by atoms with Gasteiger partial charge in [-0.3, -0.25) is 0 Å². The van der Waals surface area contributed by atoms with E-state index in [1.165, 1.54) is 0 Å². The molecule has 3 nitrogen and oxygen atoms in total. The van der Waals surface area contributed by atoms with Crippen LogP contribution in [0.3, 0.4) is 0 Å². The maximum atomic E-state index is 13.5. The third-order valence-corrected chi connectivity index (χ3v) is 4.45. The first-order valence-corrected chi connectivity index (χ1v) is 7.96. The first-order valence-electron chi connectivity index (χ1n) is 6.48. The van der Waals surface area contributed by atoms with Gasteiger partial charge in [0, 0.05) is 12.6 Å². The van der Waals surface area contributed by atoms with Crippen LogP contribution in [0.4, 0.5) is 8.78 Å². The van der Waals surface area contributed by atoms with Crippen molar-refractivity contribution in [2.75, 3.05) is 6.54 Å². The molecule has 0 amide bonds. The first-order chi connectivity index (χ1) is 9.99. The van der Waals surface area contributed by atoms with Gasteiger partial charge in [-0.2, -0.15) is 0 Å². The molecule has 0 radical (unpaired) electrons. The molecular formula is C15H15F2NO2S. The maximum Gasteiger partial charge on any atom is 0.243 e. The predicted octanol–water partition coefficient (Wildman–Crippen LogP) is 2.88. The van der Waals surface area contributed by atoms with Crippen LogP contribution in [0, 0.1) is 11.6 Å². The Morgan fingerprint density at radius 3 is 2.38 bits per heavy atom. The number of hydrogen-bond acceptors (Lipinski definition) is 2. The molecule has 2 aromatic rings. The number of halogens is 2. The Morgan fingerprint density at radius 2 is 1.71 bits per heavy atom. The fourth-order valence-corrected chi connectivity index (χ4v) is 3.05. The molecule has 0 spiro atoms. The molecule has 0 saturated carbocycles. The van der Waals surface area contributed by atoms with E-state index in [0.717, 1.165) is 24.1 Å². The van der Waals surface area contributed by atoms with E-state index in [9.17, 15) is 17.2 Å². The summed E-state index contributed by atoms with van der Waals surface area (Å²) in [7, 11) is -3.95. The van der Waals surface area contributed by atoms with Gasteiger partial charge in [0.2, 0.25) is 10.0 Å². The molecule has 0 aliphatic heterocycles. The minimum absolute atomic E-state index is 0.189. The fourth-order valence-electron chi connectivity index (χ4n) is 1.91. The van der Waals surface area contributed by atoms with Crippen LogP contribution in [-0.4, -0.2) is 15.0 Å². The lowest BCUT2D eigenvalue weighted by Gasteiger charge is -2.07. The summed E-state index contributed by atoms with van der Waals surface area (Å²) in [6.07, 6.45) is 1.31. The third kappa shape index (κ3) is 4.34. The SMILES string of the molecule is O=S(=O)(NCCCc1ccccc1)c1ccc(F)cc1F. The Balaban J connectivity index is 1.92. The van der Waals surface area contributed by atoms with Crippen molar-refractivity contribution in [1.82, 2.24) is 4.72 Å². The van der Waals surface area contributed by atoms with Gasteiger partial charge in [0.1, 0.15) is 16.5 Å². The predicted molar refractivity (Wildman–Crippen MR) is 76.3 cm³/mol. The second-order valence-electron chi connectivity index (χ2n) is 4.56. The number of rotatable bonds is 6. The second-order valence-corrected chi connectivity index (χ2v) is 6.30. The van der Waals surface area contributed by atoms with Gasteiger partial charge in [-0.15, -0.1) is 0 Å². The van der Waals surface area contributed by atoms with Crippen molar-refractivity contribution in [3.63, 3.8) is 0 Å². The lowest BCUT2D eigenvalue weighted by atomic mass is 10.1. The van der Waals surface area contributed by atoms with Crippen LogP contribution in [0.2, 0.25) is 0 Å². The second kappa shape index (κ2) is 6.78. The number of benzene rings is 2. The molecular weight excluding hydrogens is 296 g/mol. The molecule has 0 saturated heterocycles. The summed E-state index contributed by atoms with van der Waals surface area (Å²) in [4.78, 5) is -0.538. The molecule has 0 bridgehead atoms. The highest BCUT2D eigenvalue weighted by molar-refractivity contribution is 7.89. The third-order valence-electron chi connectivity index (χ3n) is 2.96. The number of nitrogens with one attached hydrogen (secondary N) is 1. The van der Waals surface area contributed by atoms with Crippen molar-refractivity contribution in [3.05, 3.63) is 65.7 Å². The van der Waals surface area contributed by atoms with Crippen molar-refractivity contribution in [3.8, 4) is 0 Å². The topological polar surface area (TPSA) is 46.2 Å².